The van der Waals surface area contributed by atoms with Crippen LogP contribution in [0.3, 0.4) is 0 Å². The van der Waals surface area contributed by atoms with Gasteiger partial charge >= 0.3 is 0 Å². The van der Waals surface area contributed by atoms with E-state index >= 15 is 0 Å². The molecule has 0 aromatic heterocycles. The Bertz CT molecular complexity index is 447. The van der Waals surface area contributed by atoms with Crippen LogP contribution in [0.2, 0.25) is 0 Å². The maximum absolute atomic E-state index is 5.49. The van der Waals surface area contributed by atoms with Gasteiger partial charge in [0.1, 0.15) is 0 Å². The first kappa shape index (κ1) is 13.8. The molecule has 2 nitrogen and oxygen atoms in total. The average Bonchev–Trinajstić information content (AvgIpc) is 3.08. The van der Waals surface area contributed by atoms with Crippen LogP contribution < -0.4 is 5.32 Å². The first-order valence-electron chi connectivity index (χ1n) is 8.78. The van der Waals surface area contributed by atoms with E-state index in [2.05, 4.69) is 29.6 Å². The summed E-state index contributed by atoms with van der Waals surface area (Å²) in [5.41, 5.74) is 3.22. The highest BCUT2D eigenvalue weighted by atomic mass is 16.5. The van der Waals surface area contributed by atoms with E-state index in [0.717, 1.165) is 37.0 Å². The van der Waals surface area contributed by atoms with Gasteiger partial charge < -0.3 is 10.1 Å². The third-order valence-electron chi connectivity index (χ3n) is 5.96. The monoisotopic (exact) mass is 285 g/mol. The van der Waals surface area contributed by atoms with Crippen LogP contribution in [-0.4, -0.2) is 25.8 Å². The largest absolute Gasteiger partial charge is 0.381 e. The van der Waals surface area contributed by atoms with E-state index in [1.54, 1.807) is 11.1 Å². The second kappa shape index (κ2) is 6.10. The highest BCUT2D eigenvalue weighted by Crippen LogP contribution is 2.40. The zero-order chi connectivity index (χ0) is 14.1. The summed E-state index contributed by atoms with van der Waals surface area (Å²) in [4.78, 5) is 0. The van der Waals surface area contributed by atoms with Crippen LogP contribution >= 0.6 is 0 Å². The predicted molar refractivity (Wildman–Crippen MR) is 85.4 cm³/mol. The molecule has 0 amide bonds. The molecule has 21 heavy (non-hydrogen) atoms. The Balaban J connectivity index is 1.38. The molecule has 2 aliphatic carbocycles. The average molecular weight is 285 g/mol. The van der Waals surface area contributed by atoms with Gasteiger partial charge in [-0.15, -0.1) is 0 Å². The molecule has 1 aliphatic heterocycles. The van der Waals surface area contributed by atoms with Gasteiger partial charge in [-0.2, -0.15) is 0 Å². The lowest BCUT2D eigenvalue weighted by Gasteiger charge is -2.24. The quantitative estimate of drug-likeness (QED) is 0.917. The van der Waals surface area contributed by atoms with Crippen molar-refractivity contribution in [2.45, 2.75) is 44.6 Å². The second-order valence-electron chi connectivity index (χ2n) is 7.27. The lowest BCUT2D eigenvalue weighted by molar-refractivity contribution is 0.183. The summed E-state index contributed by atoms with van der Waals surface area (Å²) in [6.07, 6.45) is 7.98. The summed E-state index contributed by atoms with van der Waals surface area (Å²) in [7, 11) is 0. The first-order chi connectivity index (χ1) is 10.4. The molecule has 1 aromatic carbocycles. The summed E-state index contributed by atoms with van der Waals surface area (Å²) >= 11 is 0. The van der Waals surface area contributed by atoms with Crippen molar-refractivity contribution in [2.24, 2.45) is 17.8 Å². The molecule has 2 bridgehead atoms. The summed E-state index contributed by atoms with van der Waals surface area (Å²) in [5, 5.41) is 3.93. The van der Waals surface area contributed by atoms with Gasteiger partial charge in [-0.3, -0.25) is 0 Å². The highest BCUT2D eigenvalue weighted by molar-refractivity contribution is 5.30. The van der Waals surface area contributed by atoms with Crippen LogP contribution in [0, 0.1) is 17.8 Å². The van der Waals surface area contributed by atoms with Crippen LogP contribution in [0.4, 0.5) is 0 Å². The fourth-order valence-electron chi connectivity index (χ4n) is 4.75. The normalized spacial score (nSPS) is 34.7. The van der Waals surface area contributed by atoms with E-state index in [9.17, 15) is 0 Å². The molecule has 1 saturated heterocycles. The summed E-state index contributed by atoms with van der Waals surface area (Å²) in [6, 6.07) is 9.87. The predicted octanol–water partition coefficient (Wildman–Crippen LogP) is 3.20. The number of fused-ring (bicyclic) bond motifs is 3. The summed E-state index contributed by atoms with van der Waals surface area (Å²) < 4.78 is 5.49. The molecule has 0 spiro atoms. The maximum atomic E-state index is 5.49. The zero-order valence-electron chi connectivity index (χ0n) is 12.9. The van der Waals surface area contributed by atoms with Crippen molar-refractivity contribution < 1.29 is 4.74 Å². The molecule has 1 heterocycles. The lowest BCUT2D eigenvalue weighted by atomic mass is 9.94. The molecule has 1 aromatic rings. The molecule has 1 saturated carbocycles. The van der Waals surface area contributed by atoms with Gasteiger partial charge in [0.05, 0.1) is 0 Å². The SMILES string of the molecule is c1ccc2c(c1)CC1CCC(C2)C1NCCC1CCOC1. The van der Waals surface area contributed by atoms with Crippen LogP contribution in [0.25, 0.3) is 0 Å². The van der Waals surface area contributed by atoms with Gasteiger partial charge in [-0.25, -0.2) is 0 Å². The maximum Gasteiger partial charge on any atom is 0.0495 e. The first-order valence-corrected chi connectivity index (χ1v) is 8.78. The Kier molecular flexibility index (Phi) is 4.00. The van der Waals surface area contributed by atoms with Crippen LogP contribution in [-0.2, 0) is 17.6 Å². The Morgan fingerprint density at radius 3 is 2.33 bits per heavy atom. The minimum absolute atomic E-state index is 0.750. The Hall–Kier alpha value is -0.860. The minimum Gasteiger partial charge on any atom is -0.381 e. The van der Waals surface area contributed by atoms with Crippen molar-refractivity contribution in [3.63, 3.8) is 0 Å². The molecule has 2 heteroatoms. The second-order valence-corrected chi connectivity index (χ2v) is 7.27. The molecule has 1 N–H and O–H groups in total. The number of benzene rings is 1. The van der Waals surface area contributed by atoms with Gasteiger partial charge in [0, 0.05) is 19.3 Å². The van der Waals surface area contributed by atoms with Crippen LogP contribution in [0.5, 0.6) is 0 Å². The summed E-state index contributed by atoms with van der Waals surface area (Å²) in [5.74, 6) is 2.52. The van der Waals surface area contributed by atoms with E-state index in [1.807, 2.05) is 0 Å². The van der Waals surface area contributed by atoms with Crippen molar-refractivity contribution in [1.82, 2.24) is 5.32 Å². The highest BCUT2D eigenvalue weighted by Gasteiger charge is 2.38. The van der Waals surface area contributed by atoms with Crippen molar-refractivity contribution in [2.75, 3.05) is 19.8 Å². The number of ether oxygens (including phenoxy) is 1. The molecule has 4 rings (SSSR count). The lowest BCUT2D eigenvalue weighted by Crippen LogP contribution is -2.39. The zero-order valence-corrected chi connectivity index (χ0v) is 12.9. The Morgan fingerprint density at radius 2 is 1.71 bits per heavy atom. The fraction of sp³-hybridized carbons (Fsp3) is 0.684. The molecule has 2 fully saturated rings. The van der Waals surface area contributed by atoms with Crippen molar-refractivity contribution >= 4 is 0 Å². The number of nitrogens with one attached hydrogen (secondary N) is 1. The van der Waals surface area contributed by atoms with E-state index in [4.69, 9.17) is 4.74 Å². The topological polar surface area (TPSA) is 21.3 Å². The molecule has 3 unspecified atom stereocenters. The Labute approximate surface area is 128 Å². The summed E-state index contributed by atoms with van der Waals surface area (Å²) in [6.45, 7) is 3.15. The standard InChI is InChI=1S/C19H27NO/c1-2-4-16-12-18-6-5-17(11-15(16)3-1)19(18)20-9-7-14-8-10-21-13-14/h1-4,14,17-20H,5-13H2. The van der Waals surface area contributed by atoms with E-state index in [1.165, 1.54) is 45.1 Å². The third kappa shape index (κ3) is 2.89. The van der Waals surface area contributed by atoms with E-state index in [0.29, 0.717) is 0 Å². The minimum atomic E-state index is 0.750. The molecule has 3 atom stereocenters. The molecular formula is C19H27NO. The Morgan fingerprint density at radius 1 is 1.00 bits per heavy atom. The van der Waals surface area contributed by atoms with Crippen molar-refractivity contribution in [3.05, 3.63) is 35.4 Å². The number of hydrogen-bond donors (Lipinski definition) is 1. The van der Waals surface area contributed by atoms with Gasteiger partial charge in [0.15, 0.2) is 0 Å². The van der Waals surface area contributed by atoms with Crippen LogP contribution in [0.15, 0.2) is 24.3 Å². The van der Waals surface area contributed by atoms with Gasteiger partial charge in [-0.05, 0) is 74.0 Å². The van der Waals surface area contributed by atoms with Gasteiger partial charge in [-0.1, -0.05) is 24.3 Å². The number of hydrogen-bond acceptors (Lipinski definition) is 2. The smallest absolute Gasteiger partial charge is 0.0495 e. The van der Waals surface area contributed by atoms with Gasteiger partial charge in [0.25, 0.3) is 0 Å². The fourth-order valence-corrected chi connectivity index (χ4v) is 4.75. The number of rotatable bonds is 4. The van der Waals surface area contributed by atoms with Crippen molar-refractivity contribution in [1.29, 1.82) is 0 Å². The van der Waals surface area contributed by atoms with E-state index < -0.39 is 0 Å². The van der Waals surface area contributed by atoms with Gasteiger partial charge in [0.2, 0.25) is 0 Å². The molecular weight excluding hydrogens is 258 g/mol. The third-order valence-corrected chi connectivity index (χ3v) is 5.96. The van der Waals surface area contributed by atoms with Crippen molar-refractivity contribution in [3.8, 4) is 0 Å². The van der Waals surface area contributed by atoms with E-state index in [-0.39, 0.29) is 0 Å². The molecule has 114 valence electrons. The molecule has 0 radical (unpaired) electrons. The van der Waals surface area contributed by atoms with Crippen LogP contribution in [0.1, 0.15) is 36.8 Å². The molecule has 3 aliphatic rings.